The minimum absolute atomic E-state index is 0.104. The first-order valence-corrected chi connectivity index (χ1v) is 9.07. The van der Waals surface area contributed by atoms with Crippen molar-refractivity contribution >= 4 is 34.5 Å². The van der Waals surface area contributed by atoms with Crippen LogP contribution in [0.2, 0.25) is 5.02 Å². The maximum Gasteiger partial charge on any atom is 0.267 e. The fraction of sp³-hybridized carbons (Fsp3) is 0.412. The number of likely N-dealkylation sites (tertiary alicyclic amines) is 1. The van der Waals surface area contributed by atoms with Crippen molar-refractivity contribution in [1.29, 1.82) is 0 Å². The highest BCUT2D eigenvalue weighted by molar-refractivity contribution is 7.13. The Morgan fingerprint density at radius 2 is 1.96 bits per heavy atom. The Kier molecular flexibility index (Phi) is 5.30. The van der Waals surface area contributed by atoms with Crippen molar-refractivity contribution in [3.05, 3.63) is 44.9 Å². The van der Waals surface area contributed by atoms with Crippen molar-refractivity contribution in [2.24, 2.45) is 0 Å². The van der Waals surface area contributed by atoms with Crippen molar-refractivity contribution in [2.45, 2.75) is 32.7 Å². The van der Waals surface area contributed by atoms with E-state index in [1.54, 1.807) is 24.3 Å². The minimum Gasteiger partial charge on any atom is -0.321 e. The van der Waals surface area contributed by atoms with Crippen LogP contribution in [0.1, 0.15) is 39.6 Å². The largest absolute Gasteiger partial charge is 0.321 e. The molecule has 0 unspecified atom stereocenters. The van der Waals surface area contributed by atoms with Crippen LogP contribution >= 0.6 is 22.9 Å². The fourth-order valence-corrected chi connectivity index (χ4v) is 3.89. The van der Waals surface area contributed by atoms with Gasteiger partial charge in [0.05, 0.1) is 12.2 Å². The summed E-state index contributed by atoms with van der Waals surface area (Å²) in [6.07, 6.45) is 3.84. The molecule has 1 saturated heterocycles. The summed E-state index contributed by atoms with van der Waals surface area (Å²) in [5.41, 5.74) is 1.54. The minimum atomic E-state index is -0.104. The van der Waals surface area contributed by atoms with E-state index in [2.05, 4.69) is 15.2 Å². The smallest absolute Gasteiger partial charge is 0.267 e. The third kappa shape index (κ3) is 4.31. The highest BCUT2D eigenvalue weighted by Gasteiger charge is 2.18. The van der Waals surface area contributed by atoms with Crippen LogP contribution in [0.5, 0.6) is 0 Å². The molecule has 1 aliphatic heterocycles. The van der Waals surface area contributed by atoms with Crippen molar-refractivity contribution in [3.8, 4) is 0 Å². The number of hydrogen-bond donors (Lipinski definition) is 1. The van der Waals surface area contributed by atoms with Crippen LogP contribution in [0.3, 0.4) is 0 Å². The number of thiazole rings is 1. The molecule has 4 nitrogen and oxygen atoms in total. The summed E-state index contributed by atoms with van der Waals surface area (Å²) < 4.78 is 0. The molecule has 0 atom stereocenters. The SMILES string of the molecule is Cc1nc(CN2CCCCC2)sc1C(=O)Nc1ccc(Cl)cc1. The zero-order valence-electron chi connectivity index (χ0n) is 13.1. The second kappa shape index (κ2) is 7.43. The lowest BCUT2D eigenvalue weighted by atomic mass is 10.1. The Morgan fingerprint density at radius 3 is 2.65 bits per heavy atom. The molecule has 1 amide bonds. The third-order valence-corrected chi connectivity index (χ3v) is 5.35. The van der Waals surface area contributed by atoms with E-state index in [0.29, 0.717) is 9.90 Å². The van der Waals surface area contributed by atoms with Gasteiger partial charge in [0.1, 0.15) is 9.88 Å². The summed E-state index contributed by atoms with van der Waals surface area (Å²) in [7, 11) is 0. The van der Waals surface area contributed by atoms with Gasteiger partial charge in [-0.05, 0) is 57.1 Å². The monoisotopic (exact) mass is 349 g/mol. The van der Waals surface area contributed by atoms with Crippen molar-refractivity contribution in [1.82, 2.24) is 9.88 Å². The molecule has 23 heavy (non-hydrogen) atoms. The van der Waals surface area contributed by atoms with Gasteiger partial charge in [0.15, 0.2) is 0 Å². The molecule has 122 valence electrons. The standard InChI is InChI=1S/C17H20ClN3OS/c1-12-16(17(22)20-14-7-5-13(18)6-8-14)23-15(19-12)11-21-9-3-2-4-10-21/h5-8H,2-4,9-11H2,1H3,(H,20,22). The molecule has 0 aliphatic carbocycles. The molecule has 0 bridgehead atoms. The molecule has 1 aromatic heterocycles. The second-order valence-corrected chi connectivity index (χ2v) is 7.34. The Balaban J connectivity index is 1.67. The van der Waals surface area contributed by atoms with E-state index in [4.69, 9.17) is 11.6 Å². The van der Waals surface area contributed by atoms with Crippen LogP contribution in [0.15, 0.2) is 24.3 Å². The molecule has 0 saturated carbocycles. The van der Waals surface area contributed by atoms with Crippen molar-refractivity contribution in [3.63, 3.8) is 0 Å². The zero-order valence-corrected chi connectivity index (χ0v) is 14.7. The number of nitrogens with zero attached hydrogens (tertiary/aromatic N) is 2. The van der Waals surface area contributed by atoms with Gasteiger partial charge in [-0.2, -0.15) is 0 Å². The van der Waals surface area contributed by atoms with Gasteiger partial charge in [-0.15, -0.1) is 11.3 Å². The number of benzene rings is 1. The lowest BCUT2D eigenvalue weighted by molar-refractivity contribution is 0.103. The fourth-order valence-electron chi connectivity index (χ4n) is 2.76. The number of aromatic nitrogens is 1. The van der Waals surface area contributed by atoms with Crippen LogP contribution in [-0.4, -0.2) is 28.9 Å². The summed E-state index contributed by atoms with van der Waals surface area (Å²) in [5.74, 6) is -0.104. The molecule has 1 fully saturated rings. The number of aryl methyl sites for hydroxylation is 1. The topological polar surface area (TPSA) is 45.2 Å². The maximum atomic E-state index is 12.4. The van der Waals surface area contributed by atoms with E-state index in [9.17, 15) is 4.79 Å². The quantitative estimate of drug-likeness (QED) is 0.892. The number of amides is 1. The Bertz CT molecular complexity index is 678. The molecule has 6 heteroatoms. The Morgan fingerprint density at radius 1 is 1.26 bits per heavy atom. The highest BCUT2D eigenvalue weighted by Crippen LogP contribution is 2.23. The van der Waals surface area contributed by atoms with Crippen LogP contribution in [-0.2, 0) is 6.54 Å². The summed E-state index contributed by atoms with van der Waals surface area (Å²) in [6.45, 7) is 5.00. The van der Waals surface area contributed by atoms with Gasteiger partial charge in [0, 0.05) is 10.7 Å². The number of rotatable bonds is 4. The summed E-state index contributed by atoms with van der Waals surface area (Å²) >= 11 is 7.35. The summed E-state index contributed by atoms with van der Waals surface area (Å²) in [4.78, 5) is 20.1. The Hall–Kier alpha value is -1.43. The Labute approximate surface area is 145 Å². The van der Waals surface area contributed by atoms with Gasteiger partial charge in [0.25, 0.3) is 5.91 Å². The lowest BCUT2D eigenvalue weighted by Crippen LogP contribution is -2.28. The highest BCUT2D eigenvalue weighted by atomic mass is 35.5. The molecule has 2 heterocycles. The van der Waals surface area contributed by atoms with Crippen LogP contribution in [0, 0.1) is 6.92 Å². The molecule has 1 N–H and O–H groups in total. The first-order valence-electron chi connectivity index (χ1n) is 7.87. The van der Waals surface area contributed by atoms with Gasteiger partial charge in [-0.25, -0.2) is 4.98 Å². The van der Waals surface area contributed by atoms with E-state index in [1.807, 2.05) is 6.92 Å². The van der Waals surface area contributed by atoms with E-state index >= 15 is 0 Å². The molecule has 1 aromatic carbocycles. The second-order valence-electron chi connectivity index (χ2n) is 5.82. The number of nitrogens with one attached hydrogen (secondary N) is 1. The average molecular weight is 350 g/mol. The third-order valence-electron chi connectivity index (χ3n) is 3.96. The van der Waals surface area contributed by atoms with Gasteiger partial charge >= 0.3 is 0 Å². The van der Waals surface area contributed by atoms with E-state index < -0.39 is 0 Å². The van der Waals surface area contributed by atoms with Gasteiger partial charge in [-0.1, -0.05) is 18.0 Å². The van der Waals surface area contributed by atoms with Crippen LogP contribution in [0.25, 0.3) is 0 Å². The van der Waals surface area contributed by atoms with E-state index in [-0.39, 0.29) is 5.91 Å². The predicted molar refractivity (Wildman–Crippen MR) is 95.4 cm³/mol. The van der Waals surface area contributed by atoms with E-state index in [0.717, 1.165) is 36.0 Å². The number of hydrogen-bond acceptors (Lipinski definition) is 4. The van der Waals surface area contributed by atoms with Gasteiger partial charge in [0.2, 0.25) is 0 Å². The molecule has 3 rings (SSSR count). The molecular weight excluding hydrogens is 330 g/mol. The number of anilines is 1. The maximum absolute atomic E-state index is 12.4. The number of halogens is 1. The average Bonchev–Trinajstić information content (AvgIpc) is 2.91. The number of carbonyl (C=O) groups is 1. The van der Waals surface area contributed by atoms with E-state index in [1.165, 1.54) is 30.6 Å². The molecule has 0 spiro atoms. The first-order chi connectivity index (χ1) is 11.1. The van der Waals surface area contributed by atoms with Crippen molar-refractivity contribution in [2.75, 3.05) is 18.4 Å². The number of carbonyl (C=O) groups excluding carboxylic acids is 1. The van der Waals surface area contributed by atoms with Crippen LogP contribution < -0.4 is 5.32 Å². The van der Waals surface area contributed by atoms with Crippen LogP contribution in [0.4, 0.5) is 5.69 Å². The summed E-state index contributed by atoms with van der Waals surface area (Å²) in [6, 6.07) is 7.12. The van der Waals surface area contributed by atoms with Gasteiger partial charge in [-0.3, -0.25) is 9.69 Å². The first kappa shape index (κ1) is 16.4. The molecule has 1 aliphatic rings. The zero-order chi connectivity index (χ0) is 16.2. The van der Waals surface area contributed by atoms with Crippen molar-refractivity contribution < 1.29 is 4.79 Å². The number of piperidine rings is 1. The molecular formula is C17H20ClN3OS. The predicted octanol–water partition coefficient (Wildman–Crippen LogP) is 4.34. The normalized spacial score (nSPS) is 15.6. The molecule has 0 radical (unpaired) electrons. The summed E-state index contributed by atoms with van der Waals surface area (Å²) in [5, 5.41) is 4.58. The molecule has 2 aromatic rings. The van der Waals surface area contributed by atoms with Gasteiger partial charge < -0.3 is 5.32 Å². The lowest BCUT2D eigenvalue weighted by Gasteiger charge is -2.25.